The lowest BCUT2D eigenvalue weighted by Gasteiger charge is -2.31. The summed E-state index contributed by atoms with van der Waals surface area (Å²) in [5.41, 5.74) is 3.35. The predicted octanol–water partition coefficient (Wildman–Crippen LogP) is 4.05. The van der Waals surface area contributed by atoms with E-state index in [0.29, 0.717) is 12.1 Å². The molecule has 1 N–H and O–H groups in total. The molecule has 0 saturated heterocycles. The zero-order chi connectivity index (χ0) is 18.8. The average Bonchev–Trinajstić information content (AvgIpc) is 2.71. The Balaban J connectivity index is 2.16. The zero-order valence-electron chi connectivity index (χ0n) is 15.3. The zero-order valence-corrected chi connectivity index (χ0v) is 15.3. The van der Waals surface area contributed by atoms with Gasteiger partial charge in [-0.05, 0) is 36.6 Å². The number of carbonyl (C=O) groups is 2. The molecule has 0 radical (unpaired) electrons. The minimum atomic E-state index is -0.435. The van der Waals surface area contributed by atoms with Gasteiger partial charge in [0.1, 0.15) is 12.4 Å². The first-order valence-electron chi connectivity index (χ1n) is 8.80. The van der Waals surface area contributed by atoms with E-state index in [1.807, 2.05) is 39.0 Å². The molecule has 0 aliphatic carbocycles. The van der Waals surface area contributed by atoms with Gasteiger partial charge in [0.2, 0.25) is 11.8 Å². The maximum absolute atomic E-state index is 13.4. The number of anilines is 1. The smallest absolute Gasteiger partial charge is 0.244 e. The molecule has 0 fully saturated rings. The number of benzene rings is 2. The molecule has 3 rings (SSSR count). The van der Waals surface area contributed by atoms with E-state index in [-0.39, 0.29) is 30.1 Å². The highest BCUT2D eigenvalue weighted by Crippen LogP contribution is 2.37. The molecule has 1 atom stereocenters. The Morgan fingerprint density at radius 3 is 2.58 bits per heavy atom. The van der Waals surface area contributed by atoms with E-state index in [1.54, 1.807) is 17.0 Å². The molecule has 0 unspecified atom stereocenters. The fourth-order valence-corrected chi connectivity index (χ4v) is 3.33. The van der Waals surface area contributed by atoms with E-state index in [1.165, 1.54) is 12.1 Å². The molecule has 0 spiro atoms. The van der Waals surface area contributed by atoms with Crippen LogP contribution in [0.1, 0.15) is 43.0 Å². The summed E-state index contributed by atoms with van der Waals surface area (Å²) in [6.07, 6.45) is 0.353. The Labute approximate surface area is 153 Å². The third-order valence-corrected chi connectivity index (χ3v) is 4.49. The summed E-state index contributed by atoms with van der Waals surface area (Å²) in [5.74, 6) is -0.462. The standard InChI is InChI=1S/C21H23FN2O2/c1-13(2)10-20(26)24-12-19(25)23-18-9-4-14(3)11-17(18)21(24)15-5-7-16(22)8-6-15/h4-9,11,13,21H,10,12H2,1-3H3,(H,23,25)/t21-/m1/s1. The number of aryl methyl sites for hydroxylation is 1. The maximum atomic E-state index is 13.4. The van der Waals surface area contributed by atoms with Crippen LogP contribution in [0, 0.1) is 18.7 Å². The summed E-state index contributed by atoms with van der Waals surface area (Å²) < 4.78 is 13.4. The van der Waals surface area contributed by atoms with Crippen molar-refractivity contribution in [2.24, 2.45) is 5.92 Å². The quantitative estimate of drug-likeness (QED) is 0.904. The van der Waals surface area contributed by atoms with Gasteiger partial charge in [-0.15, -0.1) is 0 Å². The third-order valence-electron chi connectivity index (χ3n) is 4.49. The molecular formula is C21H23FN2O2. The molecule has 0 aromatic heterocycles. The number of amides is 2. The first kappa shape index (κ1) is 18.1. The van der Waals surface area contributed by atoms with Crippen LogP contribution in [0.4, 0.5) is 10.1 Å². The Bertz CT molecular complexity index is 830. The minimum Gasteiger partial charge on any atom is -0.324 e. The lowest BCUT2D eigenvalue weighted by molar-refractivity contribution is -0.136. The molecule has 26 heavy (non-hydrogen) atoms. The van der Waals surface area contributed by atoms with Crippen molar-refractivity contribution >= 4 is 17.5 Å². The van der Waals surface area contributed by atoms with Crippen molar-refractivity contribution < 1.29 is 14.0 Å². The second-order valence-corrected chi connectivity index (χ2v) is 7.21. The van der Waals surface area contributed by atoms with Crippen LogP contribution in [-0.2, 0) is 9.59 Å². The van der Waals surface area contributed by atoms with Gasteiger partial charge in [-0.2, -0.15) is 0 Å². The fourth-order valence-electron chi connectivity index (χ4n) is 3.33. The summed E-state index contributed by atoms with van der Waals surface area (Å²) in [5, 5.41) is 2.89. The fraction of sp³-hybridized carbons (Fsp3) is 0.333. The largest absolute Gasteiger partial charge is 0.324 e. The summed E-state index contributed by atoms with van der Waals surface area (Å²) in [6.45, 7) is 5.89. The van der Waals surface area contributed by atoms with Gasteiger partial charge in [0.15, 0.2) is 0 Å². The number of rotatable bonds is 3. The Hall–Kier alpha value is -2.69. The number of nitrogens with zero attached hydrogens (tertiary/aromatic N) is 1. The van der Waals surface area contributed by atoms with Crippen molar-refractivity contribution in [3.8, 4) is 0 Å². The number of hydrogen-bond donors (Lipinski definition) is 1. The lowest BCUT2D eigenvalue weighted by Crippen LogP contribution is -2.39. The minimum absolute atomic E-state index is 0.0265. The Morgan fingerprint density at radius 1 is 1.23 bits per heavy atom. The van der Waals surface area contributed by atoms with Gasteiger partial charge < -0.3 is 10.2 Å². The second-order valence-electron chi connectivity index (χ2n) is 7.21. The summed E-state index contributed by atoms with van der Waals surface area (Å²) in [6, 6.07) is 11.4. The van der Waals surface area contributed by atoms with E-state index in [4.69, 9.17) is 0 Å². The first-order valence-corrected chi connectivity index (χ1v) is 8.80. The normalized spacial score (nSPS) is 16.9. The van der Waals surface area contributed by atoms with Gasteiger partial charge in [-0.1, -0.05) is 43.7 Å². The van der Waals surface area contributed by atoms with E-state index in [0.717, 1.165) is 16.7 Å². The molecule has 136 valence electrons. The van der Waals surface area contributed by atoms with E-state index in [9.17, 15) is 14.0 Å². The number of fused-ring (bicyclic) bond motifs is 1. The van der Waals surface area contributed by atoms with Gasteiger partial charge in [0.05, 0.1) is 6.04 Å². The highest BCUT2D eigenvalue weighted by atomic mass is 19.1. The SMILES string of the molecule is Cc1ccc2c(c1)[C@@H](c1ccc(F)cc1)N(C(=O)CC(C)C)CC(=O)N2. The molecule has 1 aliphatic rings. The molecule has 1 heterocycles. The van der Waals surface area contributed by atoms with Crippen LogP contribution in [0.3, 0.4) is 0 Å². The molecule has 0 bridgehead atoms. The van der Waals surface area contributed by atoms with E-state index >= 15 is 0 Å². The van der Waals surface area contributed by atoms with Crippen molar-refractivity contribution in [3.05, 3.63) is 65.0 Å². The van der Waals surface area contributed by atoms with Crippen LogP contribution in [0.2, 0.25) is 0 Å². The van der Waals surface area contributed by atoms with Crippen molar-refractivity contribution in [1.82, 2.24) is 4.90 Å². The van der Waals surface area contributed by atoms with Crippen LogP contribution < -0.4 is 5.32 Å². The monoisotopic (exact) mass is 354 g/mol. The van der Waals surface area contributed by atoms with Crippen molar-refractivity contribution in [1.29, 1.82) is 0 Å². The van der Waals surface area contributed by atoms with E-state index in [2.05, 4.69) is 5.32 Å². The van der Waals surface area contributed by atoms with Crippen LogP contribution >= 0.6 is 0 Å². The van der Waals surface area contributed by atoms with Crippen LogP contribution in [0.25, 0.3) is 0 Å². The van der Waals surface area contributed by atoms with Crippen molar-refractivity contribution in [3.63, 3.8) is 0 Å². The molecule has 5 heteroatoms. The number of carbonyl (C=O) groups excluding carboxylic acids is 2. The van der Waals surface area contributed by atoms with E-state index < -0.39 is 6.04 Å². The average molecular weight is 354 g/mol. The first-order chi connectivity index (χ1) is 12.3. The van der Waals surface area contributed by atoms with Gasteiger partial charge in [-0.3, -0.25) is 9.59 Å². The highest BCUT2D eigenvalue weighted by Gasteiger charge is 2.33. The van der Waals surface area contributed by atoms with Gasteiger partial charge in [0.25, 0.3) is 0 Å². The molecule has 2 aromatic rings. The van der Waals surface area contributed by atoms with Crippen molar-refractivity contribution in [2.45, 2.75) is 33.2 Å². The topological polar surface area (TPSA) is 49.4 Å². The Morgan fingerprint density at radius 2 is 1.92 bits per heavy atom. The van der Waals surface area contributed by atoms with Gasteiger partial charge in [0, 0.05) is 17.7 Å². The Kier molecular flexibility index (Phi) is 5.07. The number of halogens is 1. The van der Waals surface area contributed by atoms with Crippen LogP contribution in [0.5, 0.6) is 0 Å². The second kappa shape index (κ2) is 7.28. The lowest BCUT2D eigenvalue weighted by atomic mass is 9.94. The number of nitrogens with one attached hydrogen (secondary N) is 1. The molecule has 0 saturated carbocycles. The van der Waals surface area contributed by atoms with Crippen molar-refractivity contribution in [2.75, 3.05) is 11.9 Å². The van der Waals surface area contributed by atoms with Gasteiger partial charge in [-0.25, -0.2) is 4.39 Å². The highest BCUT2D eigenvalue weighted by molar-refractivity contribution is 5.97. The molecule has 1 aliphatic heterocycles. The van der Waals surface area contributed by atoms with Crippen LogP contribution in [-0.4, -0.2) is 23.3 Å². The maximum Gasteiger partial charge on any atom is 0.244 e. The summed E-state index contributed by atoms with van der Waals surface area (Å²) >= 11 is 0. The summed E-state index contributed by atoms with van der Waals surface area (Å²) in [7, 11) is 0. The molecule has 4 nitrogen and oxygen atoms in total. The third kappa shape index (κ3) is 3.77. The van der Waals surface area contributed by atoms with Crippen LogP contribution in [0.15, 0.2) is 42.5 Å². The number of hydrogen-bond acceptors (Lipinski definition) is 2. The molecule has 2 amide bonds. The predicted molar refractivity (Wildman–Crippen MR) is 99.2 cm³/mol. The molecule has 2 aromatic carbocycles. The van der Waals surface area contributed by atoms with Gasteiger partial charge >= 0.3 is 0 Å². The summed E-state index contributed by atoms with van der Waals surface area (Å²) in [4.78, 5) is 26.9. The molecular weight excluding hydrogens is 331 g/mol.